The Morgan fingerprint density at radius 1 is 0.765 bits per heavy atom. The van der Waals surface area contributed by atoms with Crippen LogP contribution in [0.15, 0.2) is 36.4 Å². The molecule has 0 unspecified atom stereocenters. The van der Waals surface area contributed by atoms with Crippen LogP contribution < -0.4 is 5.32 Å². The molecule has 0 aliphatic carbocycles. The summed E-state index contributed by atoms with van der Waals surface area (Å²) in [5, 5.41) is 3.51. The van der Waals surface area contributed by atoms with E-state index >= 15 is 0 Å². The fourth-order valence-electron chi connectivity index (χ4n) is 2.59. The molecule has 0 radical (unpaired) electrons. The number of fused-ring (bicyclic) bond motifs is 3. The molecule has 86 valence electrons. The average Bonchev–Trinajstić information content (AvgIpc) is 2.47. The van der Waals surface area contributed by atoms with Gasteiger partial charge in [0.2, 0.25) is 0 Å². The minimum Gasteiger partial charge on any atom is -0.309 e. The summed E-state index contributed by atoms with van der Waals surface area (Å²) in [5.74, 6) is 0. The van der Waals surface area contributed by atoms with Crippen molar-refractivity contribution in [1.29, 1.82) is 0 Å². The molecular formula is C16H17N. The molecule has 0 amide bonds. The monoisotopic (exact) mass is 223 g/mol. The number of nitrogens with one attached hydrogen (secondary N) is 1. The molecule has 2 aromatic rings. The van der Waals surface area contributed by atoms with Crippen molar-refractivity contribution in [3.8, 4) is 11.1 Å². The molecule has 17 heavy (non-hydrogen) atoms. The second kappa shape index (κ2) is 4.01. The molecule has 0 saturated carbocycles. The highest BCUT2D eigenvalue weighted by Gasteiger charge is 2.13. The number of aryl methyl sites for hydroxylation is 2. The third kappa shape index (κ3) is 1.87. The van der Waals surface area contributed by atoms with E-state index in [9.17, 15) is 0 Å². The van der Waals surface area contributed by atoms with Gasteiger partial charge >= 0.3 is 0 Å². The molecule has 1 heterocycles. The first-order chi connectivity index (χ1) is 8.24. The van der Waals surface area contributed by atoms with Crippen LogP contribution in [0.3, 0.4) is 0 Å². The van der Waals surface area contributed by atoms with E-state index in [0.717, 1.165) is 13.1 Å². The van der Waals surface area contributed by atoms with E-state index < -0.39 is 0 Å². The molecule has 1 aliphatic heterocycles. The van der Waals surface area contributed by atoms with Gasteiger partial charge in [0.15, 0.2) is 0 Å². The number of hydrogen-bond acceptors (Lipinski definition) is 1. The van der Waals surface area contributed by atoms with Crippen molar-refractivity contribution < 1.29 is 0 Å². The highest BCUT2D eigenvalue weighted by molar-refractivity contribution is 5.72. The fourth-order valence-corrected chi connectivity index (χ4v) is 2.59. The van der Waals surface area contributed by atoms with Gasteiger partial charge < -0.3 is 5.32 Å². The van der Waals surface area contributed by atoms with E-state index in [-0.39, 0.29) is 0 Å². The zero-order chi connectivity index (χ0) is 11.8. The molecule has 3 rings (SSSR count). The van der Waals surface area contributed by atoms with E-state index in [0.29, 0.717) is 0 Å². The first-order valence-corrected chi connectivity index (χ1v) is 6.14. The van der Waals surface area contributed by atoms with Gasteiger partial charge in [-0.1, -0.05) is 47.5 Å². The molecular weight excluding hydrogens is 206 g/mol. The Labute approximate surface area is 102 Å². The third-order valence-electron chi connectivity index (χ3n) is 3.44. The van der Waals surface area contributed by atoms with Gasteiger partial charge in [-0.2, -0.15) is 0 Å². The molecule has 1 heteroatoms. The minimum absolute atomic E-state index is 0.963. The number of rotatable bonds is 0. The quantitative estimate of drug-likeness (QED) is 0.720. The van der Waals surface area contributed by atoms with Crippen molar-refractivity contribution in [3.63, 3.8) is 0 Å². The summed E-state index contributed by atoms with van der Waals surface area (Å²) >= 11 is 0. The smallest absolute Gasteiger partial charge is 0.0214 e. The van der Waals surface area contributed by atoms with Gasteiger partial charge in [0, 0.05) is 13.1 Å². The van der Waals surface area contributed by atoms with Crippen LogP contribution in [-0.2, 0) is 13.1 Å². The predicted octanol–water partition coefficient (Wildman–Crippen LogP) is 3.57. The molecule has 0 fully saturated rings. The third-order valence-corrected chi connectivity index (χ3v) is 3.44. The van der Waals surface area contributed by atoms with Crippen molar-refractivity contribution >= 4 is 0 Å². The minimum atomic E-state index is 0.963. The zero-order valence-electron chi connectivity index (χ0n) is 10.4. The Balaban J connectivity index is 2.24. The Kier molecular flexibility index (Phi) is 2.49. The largest absolute Gasteiger partial charge is 0.309 e. The predicted molar refractivity (Wildman–Crippen MR) is 71.9 cm³/mol. The normalized spacial score (nSPS) is 13.8. The summed E-state index contributed by atoms with van der Waals surface area (Å²) in [6.45, 7) is 6.23. The van der Waals surface area contributed by atoms with E-state index in [1.54, 1.807) is 0 Å². The van der Waals surface area contributed by atoms with Gasteiger partial charge in [-0.15, -0.1) is 0 Å². The Hall–Kier alpha value is -1.60. The van der Waals surface area contributed by atoms with Crippen LogP contribution in [0.5, 0.6) is 0 Å². The maximum Gasteiger partial charge on any atom is 0.0214 e. The van der Waals surface area contributed by atoms with E-state index in [1.165, 1.54) is 33.4 Å². The van der Waals surface area contributed by atoms with Crippen LogP contribution in [0.25, 0.3) is 11.1 Å². The second-order valence-corrected chi connectivity index (χ2v) is 4.92. The fraction of sp³-hybridized carbons (Fsp3) is 0.250. The molecule has 0 atom stereocenters. The second-order valence-electron chi connectivity index (χ2n) is 4.92. The summed E-state index contributed by atoms with van der Waals surface area (Å²) in [4.78, 5) is 0. The maximum absolute atomic E-state index is 3.51. The first kappa shape index (κ1) is 10.5. The van der Waals surface area contributed by atoms with E-state index in [1.807, 2.05) is 0 Å². The highest BCUT2D eigenvalue weighted by Crippen LogP contribution is 2.30. The van der Waals surface area contributed by atoms with Gasteiger partial charge in [-0.3, -0.25) is 0 Å². The van der Waals surface area contributed by atoms with Crippen molar-refractivity contribution in [3.05, 3.63) is 58.7 Å². The zero-order valence-corrected chi connectivity index (χ0v) is 10.4. The number of hydrogen-bond donors (Lipinski definition) is 1. The lowest BCUT2D eigenvalue weighted by Crippen LogP contribution is -2.10. The lowest BCUT2D eigenvalue weighted by atomic mass is 9.94. The van der Waals surface area contributed by atoms with Gasteiger partial charge in [0.1, 0.15) is 0 Å². The van der Waals surface area contributed by atoms with Gasteiger partial charge in [0.05, 0.1) is 0 Å². The van der Waals surface area contributed by atoms with E-state index in [4.69, 9.17) is 0 Å². The SMILES string of the molecule is Cc1ccc2c(c1)CNCc1cc(C)ccc1-2. The molecule has 0 bridgehead atoms. The maximum atomic E-state index is 3.51. The Morgan fingerprint density at radius 2 is 1.24 bits per heavy atom. The molecule has 1 N–H and O–H groups in total. The molecule has 1 aliphatic rings. The summed E-state index contributed by atoms with van der Waals surface area (Å²) in [6, 6.07) is 13.5. The van der Waals surface area contributed by atoms with Crippen LogP contribution in [-0.4, -0.2) is 0 Å². The van der Waals surface area contributed by atoms with Crippen LogP contribution in [0, 0.1) is 13.8 Å². The van der Waals surface area contributed by atoms with Crippen LogP contribution in [0.2, 0.25) is 0 Å². The van der Waals surface area contributed by atoms with E-state index in [2.05, 4.69) is 55.6 Å². The lowest BCUT2D eigenvalue weighted by Gasteiger charge is -2.10. The van der Waals surface area contributed by atoms with Crippen molar-refractivity contribution in [2.45, 2.75) is 26.9 Å². The van der Waals surface area contributed by atoms with Crippen LogP contribution in [0.4, 0.5) is 0 Å². The summed E-state index contributed by atoms with van der Waals surface area (Å²) in [5.41, 5.74) is 8.26. The molecule has 2 aromatic carbocycles. The summed E-state index contributed by atoms with van der Waals surface area (Å²) in [6.07, 6.45) is 0. The van der Waals surface area contributed by atoms with Crippen molar-refractivity contribution in [2.24, 2.45) is 0 Å². The van der Waals surface area contributed by atoms with Gasteiger partial charge in [-0.05, 0) is 36.1 Å². The van der Waals surface area contributed by atoms with Crippen molar-refractivity contribution in [1.82, 2.24) is 5.32 Å². The standard InChI is InChI=1S/C16H17N/c1-11-3-5-15-13(7-11)9-17-10-14-8-12(2)4-6-16(14)15/h3-8,17H,9-10H2,1-2H3. The molecule has 0 saturated heterocycles. The summed E-state index contributed by atoms with van der Waals surface area (Å²) in [7, 11) is 0. The highest BCUT2D eigenvalue weighted by atomic mass is 14.9. The summed E-state index contributed by atoms with van der Waals surface area (Å²) < 4.78 is 0. The Morgan fingerprint density at radius 3 is 1.71 bits per heavy atom. The molecule has 1 nitrogen and oxygen atoms in total. The van der Waals surface area contributed by atoms with Crippen molar-refractivity contribution in [2.75, 3.05) is 0 Å². The number of benzene rings is 2. The van der Waals surface area contributed by atoms with Crippen LogP contribution in [0.1, 0.15) is 22.3 Å². The van der Waals surface area contributed by atoms with Gasteiger partial charge in [0.25, 0.3) is 0 Å². The topological polar surface area (TPSA) is 12.0 Å². The molecule has 0 spiro atoms. The Bertz CT molecular complexity index is 518. The van der Waals surface area contributed by atoms with Crippen LogP contribution >= 0.6 is 0 Å². The first-order valence-electron chi connectivity index (χ1n) is 6.14. The average molecular weight is 223 g/mol. The van der Waals surface area contributed by atoms with Gasteiger partial charge in [-0.25, -0.2) is 0 Å². The molecule has 0 aromatic heterocycles. The lowest BCUT2D eigenvalue weighted by molar-refractivity contribution is 0.703.